The first kappa shape index (κ1) is 19.6. The van der Waals surface area contributed by atoms with Gasteiger partial charge in [-0.05, 0) is 29.8 Å². The van der Waals surface area contributed by atoms with Gasteiger partial charge >= 0.3 is 5.97 Å². The Bertz CT molecular complexity index is 1040. The molecular formula is C21H22N4O5. The zero-order valence-electron chi connectivity index (χ0n) is 17.0. The first-order valence-electron chi connectivity index (χ1n) is 9.40. The molecule has 0 bridgehead atoms. The molecule has 0 unspecified atom stereocenters. The Balaban J connectivity index is 1.59. The first-order chi connectivity index (χ1) is 14.4. The summed E-state index contributed by atoms with van der Waals surface area (Å²) in [6, 6.07) is 9.33. The molecule has 9 heteroatoms. The summed E-state index contributed by atoms with van der Waals surface area (Å²) < 4.78 is 16.0. The van der Waals surface area contributed by atoms with E-state index in [9.17, 15) is 9.70 Å². The van der Waals surface area contributed by atoms with Gasteiger partial charge in [-0.3, -0.25) is 10.0 Å². The number of nitrogens with zero attached hydrogens (tertiary/aromatic N) is 4. The minimum absolute atomic E-state index is 0.113. The molecule has 2 heterocycles. The minimum Gasteiger partial charge on any atom is -0.462 e. The standard InChI is InChI=1S/C21H22N4O5/c1-13(2)21(26)28-8-7-14-5-6-16-18(9-14)24(4)25(23(16)3)17-11-20-19(29-12-30-20)10-15(17)22-27/h5-6,9-11H,1,7-8,12H2,2-4H3. The fourth-order valence-corrected chi connectivity index (χ4v) is 3.52. The molecule has 0 atom stereocenters. The molecule has 0 saturated carbocycles. The highest BCUT2D eigenvalue weighted by Crippen LogP contribution is 2.47. The Morgan fingerprint density at radius 2 is 1.80 bits per heavy atom. The SMILES string of the molecule is C=C(C)C(=O)OCCc1ccc2c(c1)N(C)N(c1cc3c(cc1N=O)OCO3)N2C. The fraction of sp³-hybridized carbons (Fsp3) is 0.286. The summed E-state index contributed by atoms with van der Waals surface area (Å²) >= 11 is 0. The van der Waals surface area contributed by atoms with Gasteiger partial charge in [0.1, 0.15) is 11.4 Å². The van der Waals surface area contributed by atoms with Crippen molar-refractivity contribution in [3.63, 3.8) is 0 Å². The summed E-state index contributed by atoms with van der Waals surface area (Å²) in [5, 5.41) is 8.86. The van der Waals surface area contributed by atoms with E-state index in [-0.39, 0.29) is 19.1 Å². The van der Waals surface area contributed by atoms with Gasteiger partial charge in [-0.2, -0.15) is 5.12 Å². The summed E-state index contributed by atoms with van der Waals surface area (Å²) in [5.41, 5.74) is 4.12. The second-order valence-electron chi connectivity index (χ2n) is 7.11. The number of hydrazine groups is 2. The van der Waals surface area contributed by atoms with Gasteiger partial charge < -0.3 is 14.2 Å². The Labute approximate surface area is 173 Å². The number of anilines is 3. The lowest BCUT2D eigenvalue weighted by atomic mass is 10.1. The van der Waals surface area contributed by atoms with Gasteiger partial charge in [0.05, 0.1) is 18.0 Å². The zero-order valence-corrected chi connectivity index (χ0v) is 17.0. The van der Waals surface area contributed by atoms with Crippen molar-refractivity contribution in [3.8, 4) is 11.5 Å². The molecule has 4 rings (SSSR count). The second kappa shape index (κ2) is 7.58. The molecule has 30 heavy (non-hydrogen) atoms. The Hall–Kier alpha value is -3.75. The molecule has 0 aromatic heterocycles. The molecule has 0 amide bonds. The van der Waals surface area contributed by atoms with E-state index < -0.39 is 5.97 Å². The van der Waals surface area contributed by atoms with Crippen LogP contribution < -0.4 is 24.6 Å². The molecule has 0 N–H and O–H groups in total. The van der Waals surface area contributed by atoms with Crippen molar-refractivity contribution in [2.75, 3.05) is 42.6 Å². The van der Waals surface area contributed by atoms with E-state index in [2.05, 4.69) is 11.8 Å². The number of hydrogen-bond donors (Lipinski definition) is 0. The summed E-state index contributed by atoms with van der Waals surface area (Å²) in [5.74, 6) is 0.674. The topological polar surface area (TPSA) is 83.9 Å². The predicted molar refractivity (Wildman–Crippen MR) is 113 cm³/mol. The number of nitroso groups, excluding NO2 is 1. The van der Waals surface area contributed by atoms with Crippen LogP contribution in [0.15, 0.2) is 47.7 Å². The third-order valence-corrected chi connectivity index (χ3v) is 5.06. The van der Waals surface area contributed by atoms with Crippen molar-refractivity contribution in [1.82, 2.24) is 0 Å². The van der Waals surface area contributed by atoms with Crippen LogP contribution >= 0.6 is 0 Å². The van der Waals surface area contributed by atoms with Crippen LogP contribution in [-0.4, -0.2) is 33.5 Å². The van der Waals surface area contributed by atoms with Crippen molar-refractivity contribution in [2.24, 2.45) is 5.18 Å². The minimum atomic E-state index is -0.393. The van der Waals surface area contributed by atoms with Crippen LogP contribution in [-0.2, 0) is 16.0 Å². The summed E-state index contributed by atoms with van der Waals surface area (Å²) in [4.78, 5) is 23.0. The highest BCUT2D eigenvalue weighted by molar-refractivity contribution is 5.87. The smallest absolute Gasteiger partial charge is 0.333 e. The molecule has 2 aliphatic heterocycles. The zero-order chi connectivity index (χ0) is 21.4. The quantitative estimate of drug-likeness (QED) is 0.405. The molecule has 0 saturated heterocycles. The van der Waals surface area contributed by atoms with Crippen LogP contribution in [0.3, 0.4) is 0 Å². The van der Waals surface area contributed by atoms with E-state index in [1.54, 1.807) is 19.1 Å². The normalized spacial score (nSPS) is 14.0. The maximum Gasteiger partial charge on any atom is 0.333 e. The number of ether oxygens (including phenoxy) is 3. The Morgan fingerprint density at radius 1 is 1.10 bits per heavy atom. The number of rotatable bonds is 6. The number of esters is 1. The van der Waals surface area contributed by atoms with Crippen molar-refractivity contribution < 1.29 is 19.0 Å². The molecule has 0 fully saturated rings. The third kappa shape index (κ3) is 3.28. The van der Waals surface area contributed by atoms with Gasteiger partial charge in [0.2, 0.25) is 6.79 Å². The maximum absolute atomic E-state index is 11.6. The second-order valence-corrected chi connectivity index (χ2v) is 7.11. The lowest BCUT2D eigenvalue weighted by Crippen LogP contribution is -2.45. The van der Waals surface area contributed by atoms with Gasteiger partial charge in [0, 0.05) is 38.2 Å². The largest absolute Gasteiger partial charge is 0.462 e. The van der Waals surface area contributed by atoms with Crippen LogP contribution in [0, 0.1) is 4.91 Å². The van der Waals surface area contributed by atoms with Crippen LogP contribution in [0.5, 0.6) is 11.5 Å². The van der Waals surface area contributed by atoms with E-state index in [0.29, 0.717) is 29.2 Å². The average Bonchev–Trinajstić information content (AvgIpc) is 3.28. The predicted octanol–water partition coefficient (Wildman–Crippen LogP) is 3.70. The van der Waals surface area contributed by atoms with Gasteiger partial charge in [0.15, 0.2) is 11.5 Å². The van der Waals surface area contributed by atoms with E-state index in [1.807, 2.05) is 47.4 Å². The van der Waals surface area contributed by atoms with E-state index in [4.69, 9.17) is 14.2 Å². The van der Waals surface area contributed by atoms with Gasteiger partial charge in [-0.25, -0.2) is 4.79 Å². The summed E-state index contributed by atoms with van der Waals surface area (Å²) in [6.45, 7) is 5.59. The first-order valence-corrected chi connectivity index (χ1v) is 9.40. The van der Waals surface area contributed by atoms with Crippen molar-refractivity contribution >= 4 is 28.7 Å². The monoisotopic (exact) mass is 410 g/mol. The van der Waals surface area contributed by atoms with Crippen LogP contribution in [0.4, 0.5) is 22.7 Å². The molecule has 0 spiro atoms. The molecule has 2 aromatic rings. The molecule has 2 aliphatic rings. The van der Waals surface area contributed by atoms with Gasteiger partial charge in [-0.1, -0.05) is 12.6 Å². The van der Waals surface area contributed by atoms with Crippen molar-refractivity contribution in [1.29, 1.82) is 0 Å². The van der Waals surface area contributed by atoms with Crippen LogP contribution in [0.2, 0.25) is 0 Å². The summed E-state index contributed by atoms with van der Waals surface area (Å²) in [7, 11) is 3.79. The highest BCUT2D eigenvalue weighted by Gasteiger charge is 2.33. The van der Waals surface area contributed by atoms with Gasteiger partial charge in [0.25, 0.3) is 0 Å². The molecule has 2 aromatic carbocycles. The fourth-order valence-electron chi connectivity index (χ4n) is 3.52. The third-order valence-electron chi connectivity index (χ3n) is 5.06. The summed E-state index contributed by atoms with van der Waals surface area (Å²) in [6.07, 6.45) is 0.578. The molecule has 9 nitrogen and oxygen atoms in total. The maximum atomic E-state index is 11.6. The van der Waals surface area contributed by atoms with Gasteiger partial charge in [-0.15, -0.1) is 4.91 Å². The Morgan fingerprint density at radius 3 is 2.50 bits per heavy atom. The van der Waals surface area contributed by atoms with Crippen LogP contribution in [0.1, 0.15) is 12.5 Å². The van der Waals surface area contributed by atoms with E-state index in [1.165, 1.54) is 0 Å². The lowest BCUT2D eigenvalue weighted by molar-refractivity contribution is -0.138. The number of carbonyl (C=O) groups excluding carboxylic acids is 1. The molecule has 156 valence electrons. The molecular weight excluding hydrogens is 388 g/mol. The Kier molecular flexibility index (Phi) is 4.94. The van der Waals surface area contributed by atoms with Crippen molar-refractivity contribution in [2.45, 2.75) is 13.3 Å². The number of hydrogen-bond acceptors (Lipinski definition) is 9. The molecule has 0 radical (unpaired) electrons. The van der Waals surface area contributed by atoms with E-state index >= 15 is 0 Å². The highest BCUT2D eigenvalue weighted by atomic mass is 16.7. The number of carbonyl (C=O) groups is 1. The van der Waals surface area contributed by atoms with E-state index in [0.717, 1.165) is 16.9 Å². The average molecular weight is 410 g/mol. The number of fused-ring (bicyclic) bond motifs is 2. The number of benzene rings is 2. The lowest BCUT2D eigenvalue weighted by Gasteiger charge is -2.33. The van der Waals surface area contributed by atoms with Crippen molar-refractivity contribution in [3.05, 3.63) is 53.0 Å². The molecule has 0 aliphatic carbocycles. The van der Waals surface area contributed by atoms with Crippen LogP contribution in [0.25, 0.3) is 0 Å².